The lowest BCUT2D eigenvalue weighted by Gasteiger charge is -2.10. The zero-order chi connectivity index (χ0) is 20.5. The van der Waals surface area contributed by atoms with E-state index in [9.17, 15) is 9.59 Å². The third-order valence-electron chi connectivity index (χ3n) is 5.64. The number of carbonyl (C=O) groups excluding carboxylic acids is 2. The van der Waals surface area contributed by atoms with Crippen LogP contribution in [0, 0.1) is 0 Å². The molecule has 2 aliphatic carbocycles. The third kappa shape index (κ3) is 4.03. The molecule has 0 radical (unpaired) electrons. The van der Waals surface area contributed by atoms with Crippen molar-refractivity contribution in [3.05, 3.63) is 59.4 Å². The molecule has 0 aliphatic heterocycles. The van der Waals surface area contributed by atoms with Crippen LogP contribution in [-0.2, 0) is 17.6 Å². The predicted octanol–water partition coefficient (Wildman–Crippen LogP) is 4.22. The van der Waals surface area contributed by atoms with Crippen molar-refractivity contribution < 1.29 is 18.7 Å². The van der Waals surface area contributed by atoms with Crippen LogP contribution < -0.4 is 15.4 Å². The molecule has 1 heterocycles. The fourth-order valence-corrected chi connectivity index (χ4v) is 3.88. The highest BCUT2D eigenvalue weighted by molar-refractivity contribution is 5.96. The van der Waals surface area contributed by atoms with Crippen LogP contribution in [0.4, 0.5) is 5.69 Å². The van der Waals surface area contributed by atoms with Gasteiger partial charge in [-0.2, -0.15) is 0 Å². The maximum atomic E-state index is 12.3. The van der Waals surface area contributed by atoms with Crippen LogP contribution in [0.25, 0.3) is 11.0 Å². The minimum Gasteiger partial charge on any atom is -0.484 e. The van der Waals surface area contributed by atoms with Gasteiger partial charge in [-0.05, 0) is 74.6 Å². The van der Waals surface area contributed by atoms with E-state index in [1.165, 1.54) is 18.4 Å². The Morgan fingerprint density at radius 1 is 1.03 bits per heavy atom. The van der Waals surface area contributed by atoms with Gasteiger partial charge >= 0.3 is 0 Å². The summed E-state index contributed by atoms with van der Waals surface area (Å²) in [5.74, 6) is 1.41. The normalized spacial score (nSPS) is 15.5. The van der Waals surface area contributed by atoms with Gasteiger partial charge in [0.05, 0.1) is 0 Å². The van der Waals surface area contributed by atoms with E-state index in [4.69, 9.17) is 9.15 Å². The van der Waals surface area contributed by atoms with E-state index in [1.54, 1.807) is 24.3 Å². The van der Waals surface area contributed by atoms with Crippen LogP contribution in [0.2, 0.25) is 0 Å². The van der Waals surface area contributed by atoms with Crippen LogP contribution in [0.5, 0.6) is 5.75 Å². The topological polar surface area (TPSA) is 80.6 Å². The summed E-state index contributed by atoms with van der Waals surface area (Å²) in [6, 6.07) is 12.9. The fraction of sp³-hybridized carbons (Fsp3) is 0.333. The Kier molecular flexibility index (Phi) is 4.91. The summed E-state index contributed by atoms with van der Waals surface area (Å²) in [6.07, 6.45) is 6.47. The molecule has 30 heavy (non-hydrogen) atoms. The number of anilines is 1. The van der Waals surface area contributed by atoms with Crippen molar-refractivity contribution >= 4 is 28.5 Å². The van der Waals surface area contributed by atoms with Gasteiger partial charge in [0.1, 0.15) is 17.1 Å². The summed E-state index contributed by atoms with van der Waals surface area (Å²) in [4.78, 5) is 24.3. The molecule has 3 aromatic rings. The van der Waals surface area contributed by atoms with Crippen molar-refractivity contribution in [1.82, 2.24) is 5.32 Å². The number of benzene rings is 2. The summed E-state index contributed by atoms with van der Waals surface area (Å²) in [5.41, 5.74) is 3.38. The van der Waals surface area contributed by atoms with Gasteiger partial charge in [0.25, 0.3) is 11.8 Å². The first-order valence-corrected chi connectivity index (χ1v) is 10.5. The Labute approximate surface area is 174 Å². The molecule has 0 atom stereocenters. The van der Waals surface area contributed by atoms with Crippen LogP contribution in [0.3, 0.4) is 0 Å². The maximum Gasteiger partial charge on any atom is 0.262 e. The number of hydrogen-bond acceptors (Lipinski definition) is 4. The van der Waals surface area contributed by atoms with E-state index in [2.05, 4.69) is 10.6 Å². The highest BCUT2D eigenvalue weighted by atomic mass is 16.5. The van der Waals surface area contributed by atoms with E-state index in [0.717, 1.165) is 42.4 Å². The minimum absolute atomic E-state index is 0.0736. The largest absolute Gasteiger partial charge is 0.484 e. The smallest absolute Gasteiger partial charge is 0.262 e. The zero-order valence-electron chi connectivity index (χ0n) is 16.7. The van der Waals surface area contributed by atoms with E-state index >= 15 is 0 Å². The summed E-state index contributed by atoms with van der Waals surface area (Å²) in [5, 5.41) is 6.83. The zero-order valence-corrected chi connectivity index (χ0v) is 16.7. The lowest BCUT2D eigenvalue weighted by molar-refractivity contribution is -0.118. The van der Waals surface area contributed by atoms with Crippen LogP contribution >= 0.6 is 0 Å². The molecule has 2 N–H and O–H groups in total. The number of furan rings is 1. The van der Waals surface area contributed by atoms with Crippen molar-refractivity contribution in [2.24, 2.45) is 0 Å². The standard InChI is InChI=1S/C24H24N2O4/c27-23(25-16-7-5-15(6-8-16)24(28)26-17-9-10-17)14-29-18-11-12-22-20(13-18)19-3-1-2-4-21(19)30-22/h5-8,11-13,17H,1-4,9-10,14H2,(H,25,27)(H,26,28). The molecule has 1 fully saturated rings. The van der Waals surface area contributed by atoms with Gasteiger partial charge in [0, 0.05) is 34.7 Å². The van der Waals surface area contributed by atoms with Crippen LogP contribution in [0.1, 0.15) is 47.4 Å². The summed E-state index contributed by atoms with van der Waals surface area (Å²) >= 11 is 0. The number of aryl methyl sites for hydroxylation is 2. The van der Waals surface area contributed by atoms with Gasteiger partial charge < -0.3 is 19.8 Å². The van der Waals surface area contributed by atoms with Crippen LogP contribution in [-0.4, -0.2) is 24.5 Å². The van der Waals surface area contributed by atoms with E-state index < -0.39 is 0 Å². The molecule has 2 amide bonds. The molecule has 2 aromatic carbocycles. The van der Waals surface area contributed by atoms with Crippen molar-refractivity contribution in [3.63, 3.8) is 0 Å². The van der Waals surface area contributed by atoms with Gasteiger partial charge in [0.15, 0.2) is 6.61 Å². The van der Waals surface area contributed by atoms with Gasteiger partial charge in [-0.1, -0.05) is 0 Å². The third-order valence-corrected chi connectivity index (χ3v) is 5.64. The lowest BCUT2D eigenvalue weighted by atomic mass is 9.96. The number of fused-ring (bicyclic) bond motifs is 3. The number of amides is 2. The molecular formula is C24H24N2O4. The molecule has 0 unspecified atom stereocenters. The van der Waals surface area contributed by atoms with Crippen molar-refractivity contribution in [2.45, 2.75) is 44.6 Å². The molecule has 0 saturated heterocycles. The second kappa shape index (κ2) is 7.86. The average Bonchev–Trinajstić information content (AvgIpc) is 3.50. The lowest BCUT2D eigenvalue weighted by Crippen LogP contribution is -2.25. The second-order valence-corrected chi connectivity index (χ2v) is 8.03. The van der Waals surface area contributed by atoms with Crippen molar-refractivity contribution in [2.75, 3.05) is 11.9 Å². The van der Waals surface area contributed by atoms with E-state index in [0.29, 0.717) is 23.0 Å². The fourth-order valence-electron chi connectivity index (χ4n) is 3.88. The maximum absolute atomic E-state index is 12.3. The highest BCUT2D eigenvalue weighted by Crippen LogP contribution is 2.33. The summed E-state index contributed by atoms with van der Waals surface area (Å²) in [6.45, 7) is -0.0878. The first-order valence-electron chi connectivity index (χ1n) is 10.5. The molecule has 0 bridgehead atoms. The number of carbonyl (C=O) groups is 2. The van der Waals surface area contributed by atoms with Crippen molar-refractivity contribution in [3.8, 4) is 5.75 Å². The monoisotopic (exact) mass is 404 g/mol. The molecule has 154 valence electrons. The number of nitrogens with one attached hydrogen (secondary N) is 2. The Hall–Kier alpha value is -3.28. The summed E-state index contributed by atoms with van der Waals surface area (Å²) < 4.78 is 11.6. The molecule has 0 spiro atoms. The highest BCUT2D eigenvalue weighted by Gasteiger charge is 2.23. The van der Waals surface area contributed by atoms with Crippen molar-refractivity contribution in [1.29, 1.82) is 0 Å². The number of ether oxygens (including phenoxy) is 1. The van der Waals surface area contributed by atoms with Gasteiger partial charge in [0.2, 0.25) is 0 Å². The average molecular weight is 404 g/mol. The number of hydrogen-bond donors (Lipinski definition) is 2. The van der Waals surface area contributed by atoms with Gasteiger partial charge in [-0.25, -0.2) is 0 Å². The number of rotatable bonds is 6. The van der Waals surface area contributed by atoms with E-state index in [-0.39, 0.29) is 18.4 Å². The Morgan fingerprint density at radius 2 is 1.83 bits per heavy atom. The molecule has 1 aromatic heterocycles. The minimum atomic E-state index is -0.250. The molecule has 2 aliphatic rings. The first-order chi connectivity index (χ1) is 14.7. The molecule has 1 saturated carbocycles. The first kappa shape index (κ1) is 18.7. The molecular weight excluding hydrogens is 380 g/mol. The quantitative estimate of drug-likeness (QED) is 0.645. The predicted molar refractivity (Wildman–Crippen MR) is 114 cm³/mol. The van der Waals surface area contributed by atoms with Crippen LogP contribution in [0.15, 0.2) is 46.9 Å². The van der Waals surface area contributed by atoms with Gasteiger partial charge in [-0.15, -0.1) is 0 Å². The second-order valence-electron chi connectivity index (χ2n) is 8.03. The SMILES string of the molecule is O=C(COc1ccc2oc3c(c2c1)CCCC3)Nc1ccc(C(=O)NC2CC2)cc1. The Balaban J connectivity index is 1.18. The Morgan fingerprint density at radius 3 is 2.63 bits per heavy atom. The molecule has 6 nitrogen and oxygen atoms in total. The van der Waals surface area contributed by atoms with Gasteiger partial charge in [-0.3, -0.25) is 9.59 Å². The summed E-state index contributed by atoms with van der Waals surface area (Å²) in [7, 11) is 0. The molecule has 6 heteroatoms. The Bertz CT molecular complexity index is 1100. The van der Waals surface area contributed by atoms with E-state index in [1.807, 2.05) is 18.2 Å². The molecule has 5 rings (SSSR count).